The van der Waals surface area contributed by atoms with Gasteiger partial charge in [-0.3, -0.25) is 0 Å². The number of rotatable bonds is 2. The van der Waals surface area contributed by atoms with Gasteiger partial charge in [-0.15, -0.1) is 0 Å². The molecule has 0 aliphatic rings. The van der Waals surface area contributed by atoms with E-state index in [1.165, 1.54) is 22.0 Å². The Balaban J connectivity index is 0. The molecule has 4 nitrogen and oxygen atoms in total. The summed E-state index contributed by atoms with van der Waals surface area (Å²) in [5.74, 6) is 0. The summed E-state index contributed by atoms with van der Waals surface area (Å²) in [6, 6.07) is 0. The molecule has 9 heteroatoms. The molecule has 0 N–H and O–H groups in total. The third kappa shape index (κ3) is 18.3. The van der Waals surface area contributed by atoms with E-state index >= 15 is 0 Å². The van der Waals surface area contributed by atoms with E-state index in [2.05, 4.69) is 23.3 Å². The van der Waals surface area contributed by atoms with Crippen LogP contribution in [0.4, 0.5) is 0 Å². The monoisotopic (exact) mass is 255 g/mol. The van der Waals surface area contributed by atoms with E-state index in [1.54, 1.807) is 0 Å². The van der Waals surface area contributed by atoms with Crippen molar-refractivity contribution in [1.29, 1.82) is 0 Å². The lowest BCUT2D eigenvalue weighted by Gasteiger charge is -2.16. The maximum Gasteiger partial charge on any atom is 0.156 e. The molecule has 0 fully saturated rings. The number of nitrogens with zero attached hydrogens (tertiary/aromatic N) is 1. The lowest BCUT2D eigenvalue weighted by molar-refractivity contribution is -0.586. The zero-order valence-electron chi connectivity index (χ0n) is 5.83. The third-order valence-electron chi connectivity index (χ3n) is 0.393. The van der Waals surface area contributed by atoms with Crippen LogP contribution in [-0.2, 0) is 11.0 Å². The molecule has 0 spiro atoms. The molecule has 0 aliphatic heterocycles. The van der Waals surface area contributed by atoms with Crippen molar-refractivity contribution < 1.29 is 16.3 Å². The molecular weight excluding hydrogens is 246 g/mol. The minimum Gasteiger partial charge on any atom is -0.750 e. The Bertz CT molecular complexity index is 142. The maximum atomic E-state index is 8.48. The lowest BCUT2D eigenvalue weighted by atomic mass is 11.3. The van der Waals surface area contributed by atoms with E-state index in [0.29, 0.717) is 3.29 Å². The van der Waals surface area contributed by atoms with Gasteiger partial charge in [0.2, 0.25) is 0 Å². The van der Waals surface area contributed by atoms with Gasteiger partial charge < -0.3 is 4.55 Å². The van der Waals surface area contributed by atoms with Gasteiger partial charge in [0.15, 0.2) is 22.0 Å². The first kappa shape index (κ1) is 14.8. The fourth-order valence-electron chi connectivity index (χ4n) is 0.0149. The highest BCUT2D eigenvalue weighted by molar-refractivity contribution is 8.72. The Hall–Kier alpha value is 1.27. The van der Waals surface area contributed by atoms with Crippen LogP contribution in [0.5, 0.6) is 0 Å². The molecule has 0 aromatic carbocycles. The van der Waals surface area contributed by atoms with Gasteiger partial charge in [-0.05, 0) is 23.3 Å². The Labute approximate surface area is 86.4 Å². The van der Waals surface area contributed by atoms with E-state index in [9.17, 15) is 0 Å². The zero-order chi connectivity index (χ0) is 9.49. The van der Waals surface area contributed by atoms with Crippen molar-refractivity contribution in [1.82, 2.24) is 0 Å². The molecule has 0 amide bonds. The number of hydrogen-bond donors (Lipinski definition) is 3. The van der Waals surface area contributed by atoms with Crippen LogP contribution in [0.25, 0.3) is 0 Å². The summed E-state index contributed by atoms with van der Waals surface area (Å²) < 4.78 is 26.1. The summed E-state index contributed by atoms with van der Waals surface area (Å²) in [5, 5.41) is 0. The topological polar surface area (TPSA) is 57.2 Å². The van der Waals surface area contributed by atoms with Crippen LogP contribution in [0.3, 0.4) is 0 Å². The molecule has 70 valence electrons. The SMILES string of the molecule is C[N+](C)(SS)SS.O=[SH](=O)[O-]. The van der Waals surface area contributed by atoms with Crippen LogP contribution in [0, 0.1) is 0 Å². The normalized spacial score (nSPS) is 10.7. The fourth-order valence-corrected chi connectivity index (χ4v) is 1.21. The van der Waals surface area contributed by atoms with Gasteiger partial charge in [-0.25, -0.2) is 8.42 Å². The molecule has 0 heterocycles. The van der Waals surface area contributed by atoms with Crippen LogP contribution in [0.2, 0.25) is 0 Å². The van der Waals surface area contributed by atoms with Gasteiger partial charge >= 0.3 is 0 Å². The molecule has 0 unspecified atom stereocenters. The van der Waals surface area contributed by atoms with Gasteiger partial charge in [0, 0.05) is 0 Å². The quantitative estimate of drug-likeness (QED) is 0.224. The van der Waals surface area contributed by atoms with Crippen LogP contribution in [0.1, 0.15) is 0 Å². The predicted molar refractivity (Wildman–Crippen MR) is 56.4 cm³/mol. The molecule has 0 saturated heterocycles. The van der Waals surface area contributed by atoms with Crippen LogP contribution in [0.15, 0.2) is 0 Å². The summed E-state index contributed by atoms with van der Waals surface area (Å²) in [5.41, 5.74) is 0. The van der Waals surface area contributed by atoms with E-state index in [0.717, 1.165) is 0 Å². The summed E-state index contributed by atoms with van der Waals surface area (Å²) in [4.78, 5) is 0. The zero-order valence-corrected chi connectivity index (χ0v) is 10.1. The maximum absolute atomic E-state index is 8.48. The molecule has 0 bridgehead atoms. The van der Waals surface area contributed by atoms with Gasteiger partial charge in [0.05, 0.1) is 25.1 Å². The highest BCUT2D eigenvalue weighted by Crippen LogP contribution is 2.32. The number of thiol groups is 3. The summed E-state index contributed by atoms with van der Waals surface area (Å²) >= 11 is 8.00. The van der Waals surface area contributed by atoms with Gasteiger partial charge in [0.25, 0.3) is 0 Å². The average molecular weight is 255 g/mol. The lowest BCUT2D eigenvalue weighted by Crippen LogP contribution is -2.17. The van der Waals surface area contributed by atoms with Crippen molar-refractivity contribution in [2.45, 2.75) is 0 Å². The predicted octanol–water partition coefficient (Wildman–Crippen LogP) is 0.777. The van der Waals surface area contributed by atoms with Crippen molar-refractivity contribution in [3.05, 3.63) is 0 Å². The Kier molecular flexibility index (Phi) is 10.6. The molecule has 11 heavy (non-hydrogen) atoms. The largest absolute Gasteiger partial charge is 0.750 e. The summed E-state index contributed by atoms with van der Waals surface area (Å²) in [7, 11) is 3.54. The minimum atomic E-state index is -3.37. The van der Waals surface area contributed by atoms with E-state index in [-0.39, 0.29) is 0 Å². The molecule has 0 radical (unpaired) electrons. The number of hydrogen-bond acceptors (Lipinski definition) is 7. The van der Waals surface area contributed by atoms with Crippen LogP contribution in [-0.4, -0.2) is 30.4 Å². The fraction of sp³-hybridized carbons (Fsp3) is 1.00. The second-order valence-corrected chi connectivity index (χ2v) is 5.45. The van der Waals surface area contributed by atoms with Crippen molar-refractivity contribution in [2.24, 2.45) is 0 Å². The highest BCUT2D eigenvalue weighted by Gasteiger charge is 2.13. The smallest absolute Gasteiger partial charge is 0.156 e. The standard InChI is InChI=1S/C2H7NS4.H2O3S/c1-3(2,6-4)7-5;1-4(2)3/h1-2H3,(H-,4,5);4H,(H,1,2,3). The molecule has 0 saturated carbocycles. The molecule has 0 rings (SSSR count). The Morgan fingerprint density at radius 3 is 1.45 bits per heavy atom. The van der Waals surface area contributed by atoms with Gasteiger partial charge in [0.1, 0.15) is 0 Å². The molecular formula is C2H9NO3S5. The summed E-state index contributed by atoms with van der Waals surface area (Å²) in [6.07, 6.45) is 0. The van der Waals surface area contributed by atoms with Crippen molar-refractivity contribution >= 4 is 56.3 Å². The molecule has 0 aromatic heterocycles. The molecule has 0 aliphatic carbocycles. The first-order chi connectivity index (χ1) is 4.85. The summed E-state index contributed by atoms with van der Waals surface area (Å²) in [6.45, 7) is 0. The van der Waals surface area contributed by atoms with Crippen molar-refractivity contribution in [3.63, 3.8) is 0 Å². The van der Waals surface area contributed by atoms with Crippen molar-refractivity contribution in [2.75, 3.05) is 14.1 Å². The highest BCUT2D eigenvalue weighted by atomic mass is 33.1. The minimum absolute atomic E-state index is 0.701. The van der Waals surface area contributed by atoms with E-state index in [1.807, 2.05) is 14.1 Å². The second kappa shape index (κ2) is 7.90. The Morgan fingerprint density at radius 2 is 1.45 bits per heavy atom. The first-order valence-corrected chi connectivity index (χ1v) is 6.92. The van der Waals surface area contributed by atoms with E-state index in [4.69, 9.17) is 13.0 Å². The molecule has 0 atom stereocenters. The second-order valence-electron chi connectivity index (χ2n) is 1.64. The van der Waals surface area contributed by atoms with Gasteiger partial charge in [-0.2, -0.15) is 3.29 Å². The number of quaternary nitrogens is 1. The van der Waals surface area contributed by atoms with Crippen LogP contribution < -0.4 is 0 Å². The van der Waals surface area contributed by atoms with E-state index < -0.39 is 11.0 Å². The average Bonchev–Trinajstić information content (AvgIpc) is 1.87. The van der Waals surface area contributed by atoms with Gasteiger partial charge in [-0.1, -0.05) is 0 Å². The first-order valence-electron chi connectivity index (χ1n) is 2.17. The molecule has 0 aromatic rings. The van der Waals surface area contributed by atoms with Crippen LogP contribution >= 0.6 is 45.3 Å². The third-order valence-corrected chi connectivity index (χ3v) is 4.74. The van der Waals surface area contributed by atoms with Crippen molar-refractivity contribution in [3.8, 4) is 0 Å². The Morgan fingerprint density at radius 1 is 1.27 bits per heavy atom.